The zero-order chi connectivity index (χ0) is 16.7. The average molecular weight is 315 g/mol. The van der Waals surface area contributed by atoms with Gasteiger partial charge in [-0.05, 0) is 6.42 Å². The van der Waals surface area contributed by atoms with Crippen LogP contribution in [-0.4, -0.2) is 59.1 Å². The maximum absolute atomic E-state index is 12.2. The predicted octanol–water partition coefficient (Wildman–Crippen LogP) is -0.0223. The molecule has 1 atom stereocenters. The SMILES string of the molecule is CCC(=O)N(CC1CCOC1)C(N[N+](=O)[O-])=[N+](C)C(=O)CC. The zero-order valence-electron chi connectivity index (χ0n) is 13.2. The molecule has 0 aromatic carbocycles. The smallest absolute Gasteiger partial charge is 0.381 e. The Kier molecular flexibility index (Phi) is 6.90. The van der Waals surface area contributed by atoms with E-state index in [0.717, 1.165) is 11.0 Å². The van der Waals surface area contributed by atoms with Gasteiger partial charge in [0.25, 0.3) is 11.8 Å². The highest BCUT2D eigenvalue weighted by Crippen LogP contribution is 2.14. The molecule has 0 aliphatic carbocycles. The van der Waals surface area contributed by atoms with Gasteiger partial charge in [-0.3, -0.25) is 9.59 Å². The molecule has 9 nitrogen and oxygen atoms in total. The zero-order valence-corrected chi connectivity index (χ0v) is 13.2. The number of carbonyl (C=O) groups excluding carboxylic acids is 2. The number of hydrogen-bond donors (Lipinski definition) is 1. The minimum absolute atomic E-state index is 0.101. The molecule has 2 amide bonds. The number of nitrogens with one attached hydrogen (secondary N) is 1. The summed E-state index contributed by atoms with van der Waals surface area (Å²) in [5.41, 5.74) is 1.99. The number of nitrogens with zero attached hydrogens (tertiary/aromatic N) is 3. The van der Waals surface area contributed by atoms with Crippen molar-refractivity contribution in [2.45, 2.75) is 33.1 Å². The summed E-state index contributed by atoms with van der Waals surface area (Å²) in [6.45, 7) is 4.72. The van der Waals surface area contributed by atoms with Crippen LogP contribution in [0.2, 0.25) is 0 Å². The fourth-order valence-corrected chi connectivity index (χ4v) is 2.24. The lowest BCUT2D eigenvalue weighted by atomic mass is 10.1. The van der Waals surface area contributed by atoms with Gasteiger partial charge in [0.05, 0.1) is 20.2 Å². The number of hydrogen-bond acceptors (Lipinski definition) is 5. The first-order valence-corrected chi connectivity index (χ1v) is 7.33. The standard InChI is InChI=1S/C13H22N4O5/c1-4-11(18)15(3)13(14-17(20)21)16(12(19)5-2)8-10-6-7-22-9-10/h10H,4-9H2,1-3H3/p+1. The van der Waals surface area contributed by atoms with E-state index < -0.39 is 5.03 Å². The van der Waals surface area contributed by atoms with Crippen LogP contribution in [0.3, 0.4) is 0 Å². The van der Waals surface area contributed by atoms with E-state index >= 15 is 0 Å². The first-order chi connectivity index (χ1) is 10.4. The van der Waals surface area contributed by atoms with E-state index in [-0.39, 0.29) is 43.1 Å². The molecular weight excluding hydrogens is 292 g/mol. The Hall–Kier alpha value is -2.03. The lowest BCUT2D eigenvalue weighted by Crippen LogP contribution is -2.53. The van der Waals surface area contributed by atoms with Crippen LogP contribution in [0.1, 0.15) is 33.1 Å². The third kappa shape index (κ3) is 4.76. The molecule has 0 spiro atoms. The quantitative estimate of drug-likeness (QED) is 0.251. The highest BCUT2D eigenvalue weighted by Gasteiger charge is 2.35. The molecule has 1 unspecified atom stereocenters. The maximum atomic E-state index is 12.2. The highest BCUT2D eigenvalue weighted by atomic mass is 16.7. The van der Waals surface area contributed by atoms with Crippen LogP contribution in [0.5, 0.6) is 0 Å². The maximum Gasteiger partial charge on any atom is 0.424 e. The third-order valence-corrected chi connectivity index (χ3v) is 3.51. The molecule has 0 saturated carbocycles. The van der Waals surface area contributed by atoms with Crippen LogP contribution >= 0.6 is 0 Å². The largest absolute Gasteiger partial charge is 0.424 e. The van der Waals surface area contributed by atoms with Crippen molar-refractivity contribution in [2.75, 3.05) is 26.8 Å². The van der Waals surface area contributed by atoms with E-state index in [0.29, 0.717) is 13.2 Å². The summed E-state index contributed by atoms with van der Waals surface area (Å²) in [7, 11) is 1.42. The second-order valence-electron chi connectivity index (χ2n) is 5.09. The van der Waals surface area contributed by atoms with Gasteiger partial charge in [0, 0.05) is 30.8 Å². The molecule has 0 bridgehead atoms. The molecule has 1 N–H and O–H groups in total. The van der Waals surface area contributed by atoms with Gasteiger partial charge in [0.15, 0.2) is 0 Å². The third-order valence-electron chi connectivity index (χ3n) is 3.51. The van der Waals surface area contributed by atoms with E-state index in [1.165, 1.54) is 11.9 Å². The van der Waals surface area contributed by atoms with E-state index in [9.17, 15) is 19.7 Å². The molecule has 1 rings (SSSR count). The first-order valence-electron chi connectivity index (χ1n) is 7.33. The monoisotopic (exact) mass is 315 g/mol. The highest BCUT2D eigenvalue weighted by molar-refractivity contribution is 5.96. The molecule has 1 heterocycles. The average Bonchev–Trinajstić information content (AvgIpc) is 3.01. The van der Waals surface area contributed by atoms with Gasteiger partial charge in [-0.15, -0.1) is 0 Å². The molecule has 1 aliphatic rings. The fraction of sp³-hybridized carbons (Fsp3) is 0.769. The molecule has 0 aromatic heterocycles. The Morgan fingerprint density at radius 2 is 2.05 bits per heavy atom. The summed E-state index contributed by atoms with van der Waals surface area (Å²) in [4.78, 5) is 36.2. The van der Waals surface area contributed by atoms with E-state index in [1.54, 1.807) is 13.8 Å². The molecule has 1 aliphatic heterocycles. The fourth-order valence-electron chi connectivity index (χ4n) is 2.24. The van der Waals surface area contributed by atoms with Crippen LogP contribution in [0, 0.1) is 16.0 Å². The van der Waals surface area contributed by atoms with E-state index in [2.05, 4.69) is 0 Å². The lowest BCUT2D eigenvalue weighted by Gasteiger charge is -2.19. The van der Waals surface area contributed by atoms with Gasteiger partial charge in [-0.2, -0.15) is 9.48 Å². The number of rotatable bonds is 5. The van der Waals surface area contributed by atoms with Crippen LogP contribution in [-0.2, 0) is 14.3 Å². The minimum atomic E-state index is -0.768. The van der Waals surface area contributed by atoms with Crippen molar-refractivity contribution >= 4 is 17.8 Å². The van der Waals surface area contributed by atoms with Gasteiger partial charge in [-0.25, -0.2) is 10.1 Å². The molecule has 22 heavy (non-hydrogen) atoms. The number of amides is 2. The second-order valence-corrected chi connectivity index (χ2v) is 5.09. The van der Waals surface area contributed by atoms with Crippen molar-refractivity contribution in [3.05, 3.63) is 10.1 Å². The number of hydrazine groups is 1. The Balaban J connectivity index is 3.13. The van der Waals surface area contributed by atoms with Crippen molar-refractivity contribution in [1.82, 2.24) is 10.3 Å². The van der Waals surface area contributed by atoms with Crippen molar-refractivity contribution < 1.29 is 23.9 Å². The molecule has 0 aromatic rings. The van der Waals surface area contributed by atoms with Crippen LogP contribution in [0.4, 0.5) is 0 Å². The summed E-state index contributed by atoms with van der Waals surface area (Å²) >= 11 is 0. The summed E-state index contributed by atoms with van der Waals surface area (Å²) in [5, 5.41) is 10.1. The van der Waals surface area contributed by atoms with E-state index in [4.69, 9.17) is 4.74 Å². The van der Waals surface area contributed by atoms with Gasteiger partial charge < -0.3 is 4.74 Å². The Labute approximate surface area is 129 Å². The summed E-state index contributed by atoms with van der Waals surface area (Å²) in [5.74, 6) is -0.618. The molecular formula is C13H23N4O5+. The van der Waals surface area contributed by atoms with Crippen LogP contribution < -0.4 is 5.43 Å². The lowest BCUT2D eigenvalue weighted by molar-refractivity contribution is -0.541. The van der Waals surface area contributed by atoms with Gasteiger partial charge >= 0.3 is 5.96 Å². The molecule has 0 radical (unpaired) electrons. The van der Waals surface area contributed by atoms with Crippen LogP contribution in [0.25, 0.3) is 0 Å². The Bertz CT molecular complexity index is 471. The van der Waals surface area contributed by atoms with Crippen molar-refractivity contribution in [1.29, 1.82) is 0 Å². The van der Waals surface area contributed by atoms with Crippen molar-refractivity contribution in [3.63, 3.8) is 0 Å². The summed E-state index contributed by atoms with van der Waals surface area (Å²) < 4.78 is 6.40. The molecule has 9 heteroatoms. The topological polar surface area (TPSA) is 105 Å². The Morgan fingerprint density at radius 1 is 1.36 bits per heavy atom. The summed E-state index contributed by atoms with van der Waals surface area (Å²) in [6, 6.07) is 0. The molecule has 1 saturated heterocycles. The Morgan fingerprint density at radius 3 is 2.50 bits per heavy atom. The number of nitro groups is 1. The number of ether oxygens (including phenoxy) is 1. The number of guanidine groups is 1. The van der Waals surface area contributed by atoms with Gasteiger partial charge in [-0.1, -0.05) is 13.8 Å². The summed E-state index contributed by atoms with van der Waals surface area (Å²) in [6.07, 6.45) is 1.15. The van der Waals surface area contributed by atoms with Gasteiger partial charge in [0.2, 0.25) is 5.03 Å². The van der Waals surface area contributed by atoms with Gasteiger partial charge in [0.1, 0.15) is 0 Å². The second kappa shape index (κ2) is 8.42. The van der Waals surface area contributed by atoms with E-state index in [1.807, 2.05) is 5.43 Å². The van der Waals surface area contributed by atoms with Crippen LogP contribution in [0.15, 0.2) is 0 Å². The first kappa shape index (κ1) is 18.0. The number of carbonyl (C=O) groups is 2. The molecule has 1 fully saturated rings. The van der Waals surface area contributed by atoms with Crippen molar-refractivity contribution in [2.24, 2.45) is 5.92 Å². The van der Waals surface area contributed by atoms with Crippen molar-refractivity contribution in [3.8, 4) is 0 Å². The normalized spacial score (nSPS) is 18.6. The molecule has 124 valence electrons. The predicted molar refractivity (Wildman–Crippen MR) is 77.5 cm³/mol. The minimum Gasteiger partial charge on any atom is -0.381 e.